The highest BCUT2D eigenvalue weighted by atomic mass is 16.8. The van der Waals surface area contributed by atoms with Gasteiger partial charge in [0.1, 0.15) is 22.8 Å². The summed E-state index contributed by atoms with van der Waals surface area (Å²) in [7, 11) is 8.82. The molecule has 5 aliphatic rings. The van der Waals surface area contributed by atoms with Crippen LogP contribution in [-0.4, -0.2) is 129 Å². The van der Waals surface area contributed by atoms with Crippen LogP contribution in [-0.2, 0) is 47.4 Å². The Labute approximate surface area is 401 Å². The van der Waals surface area contributed by atoms with Gasteiger partial charge in [-0.3, -0.25) is 0 Å². The molecule has 2 N–H and O–H groups in total. The lowest BCUT2D eigenvalue weighted by molar-refractivity contribution is -0.359. The van der Waals surface area contributed by atoms with Crippen LogP contribution in [0.15, 0.2) is 24.3 Å². The maximum absolute atomic E-state index is 6.74. The van der Waals surface area contributed by atoms with Crippen molar-refractivity contribution in [3.05, 3.63) is 47.6 Å². The molecule has 6 atom stereocenters. The number of aromatic amines is 2. The van der Waals surface area contributed by atoms with Crippen molar-refractivity contribution in [1.29, 1.82) is 0 Å². The number of ether oxygens (including phenoxy) is 14. The zero-order valence-electron chi connectivity index (χ0n) is 41.9. The van der Waals surface area contributed by atoms with Crippen LogP contribution < -0.4 is 18.9 Å². The highest BCUT2D eigenvalue weighted by Crippen LogP contribution is 2.53. The Balaban J connectivity index is 1.42. The summed E-state index contributed by atoms with van der Waals surface area (Å²) in [6.07, 6.45) is -0.585. The number of nitrogens with one attached hydrogen (secondary N) is 2. The number of H-pyrrole nitrogens is 2. The fourth-order valence-corrected chi connectivity index (χ4v) is 8.73. The number of hydrogen-bond donors (Lipinski definition) is 2. The fraction of sp³-hybridized carbons (Fsp3) is 0.500. The highest BCUT2D eigenvalue weighted by Gasteiger charge is 2.60. The van der Waals surface area contributed by atoms with Crippen LogP contribution in [0.25, 0.3) is 67.2 Å². The minimum Gasteiger partial charge on any atom is -0.490 e. The molecule has 2 aromatic carbocycles. The summed E-state index contributed by atoms with van der Waals surface area (Å²) in [5, 5.41) is 2.50. The lowest BCUT2D eigenvalue weighted by Crippen LogP contribution is -2.62. The van der Waals surface area contributed by atoms with Gasteiger partial charge in [-0.25, -0.2) is 29.9 Å². The van der Waals surface area contributed by atoms with Crippen molar-refractivity contribution in [3.8, 4) is 23.0 Å². The van der Waals surface area contributed by atoms with Gasteiger partial charge in [0.05, 0.1) is 23.0 Å². The van der Waals surface area contributed by atoms with Crippen LogP contribution in [0.2, 0.25) is 0 Å². The second-order valence-electron chi connectivity index (χ2n) is 18.4. The van der Waals surface area contributed by atoms with Crippen molar-refractivity contribution in [2.75, 3.05) is 42.7 Å². The van der Waals surface area contributed by atoms with E-state index in [9.17, 15) is 0 Å². The topological polar surface area (TPSA) is 238 Å². The van der Waals surface area contributed by atoms with E-state index in [-0.39, 0.29) is 92.6 Å². The first-order valence-corrected chi connectivity index (χ1v) is 22.6. The Bertz CT molecular complexity index is 3040. The SMILES string of the molecule is CO[C@]1(C)OC2=C(O[C@@]1(C)OC)c1nc2nc2[nH]c(nc3nc(nc4[nH]c(n1)c1c(OC(C)C)c5ccccc5c(OC(C)C)c41)C1=C3O[C@@](C)(OC)[C@](C)(OC)O1)c1c2O[C@@](C)(OC)[C@](C)(OC)O1. The minimum atomic E-state index is -1.54. The lowest BCUT2D eigenvalue weighted by atomic mass is 10.0. The first kappa shape index (κ1) is 47.1. The van der Waals surface area contributed by atoms with Crippen molar-refractivity contribution in [3.63, 3.8) is 0 Å². The van der Waals surface area contributed by atoms with Gasteiger partial charge in [0, 0.05) is 95.0 Å². The predicted octanol–water partition coefficient (Wildman–Crippen LogP) is 7.47. The van der Waals surface area contributed by atoms with Gasteiger partial charge >= 0.3 is 0 Å². The normalized spacial score (nSPS) is 28.1. The van der Waals surface area contributed by atoms with Crippen molar-refractivity contribution in [2.45, 2.75) is 116 Å². The van der Waals surface area contributed by atoms with E-state index >= 15 is 0 Å². The van der Waals surface area contributed by atoms with Gasteiger partial charge < -0.3 is 76.3 Å². The number of methoxy groups -OCH3 is 6. The molecular formula is C48H56N8O14. The average Bonchev–Trinajstić information content (AvgIpc) is 4.04. The van der Waals surface area contributed by atoms with E-state index in [1.54, 1.807) is 41.5 Å². The van der Waals surface area contributed by atoms with Crippen LogP contribution in [0.3, 0.4) is 0 Å². The van der Waals surface area contributed by atoms with Crippen LogP contribution in [0.1, 0.15) is 92.5 Å². The first-order chi connectivity index (χ1) is 33.1. The summed E-state index contributed by atoms with van der Waals surface area (Å²) >= 11 is 0. The molecule has 0 unspecified atom stereocenters. The molecular weight excluding hydrogens is 913 g/mol. The zero-order valence-corrected chi connectivity index (χ0v) is 41.9. The number of fused-ring (bicyclic) bond motifs is 19. The summed E-state index contributed by atoms with van der Waals surface area (Å²) in [4.78, 5) is 37.2. The molecule has 10 rings (SSSR count). The molecule has 8 heterocycles. The molecule has 0 radical (unpaired) electrons. The summed E-state index contributed by atoms with van der Waals surface area (Å²) in [6, 6.07) is 7.78. The third kappa shape index (κ3) is 6.67. The van der Waals surface area contributed by atoms with E-state index < -0.39 is 34.7 Å². The van der Waals surface area contributed by atoms with Gasteiger partial charge in [-0.2, -0.15) is 0 Å². The predicted molar refractivity (Wildman–Crippen MR) is 250 cm³/mol. The van der Waals surface area contributed by atoms with Crippen LogP contribution >= 0.6 is 0 Å². The van der Waals surface area contributed by atoms with Gasteiger partial charge in [0.15, 0.2) is 11.3 Å². The molecule has 0 spiro atoms. The number of hydrogen-bond acceptors (Lipinski definition) is 20. The molecule has 22 nitrogen and oxygen atoms in total. The Morgan fingerprint density at radius 2 is 0.671 bits per heavy atom. The summed E-state index contributed by atoms with van der Waals surface area (Å²) in [5.74, 6) is -7.81. The molecule has 0 amide bonds. The Morgan fingerprint density at radius 1 is 0.400 bits per heavy atom. The molecule has 0 saturated carbocycles. The number of rotatable bonds is 10. The van der Waals surface area contributed by atoms with E-state index in [2.05, 4.69) is 9.97 Å². The summed E-state index contributed by atoms with van der Waals surface area (Å²) < 4.78 is 89.2. The average molecular weight is 969 g/mol. The largest absolute Gasteiger partial charge is 0.490 e. The van der Waals surface area contributed by atoms with E-state index in [1.165, 1.54) is 42.7 Å². The van der Waals surface area contributed by atoms with Crippen LogP contribution in [0.4, 0.5) is 0 Å². The zero-order chi connectivity index (χ0) is 50.1. The van der Waals surface area contributed by atoms with Gasteiger partial charge in [0.25, 0.3) is 34.7 Å². The molecule has 5 aliphatic heterocycles. The van der Waals surface area contributed by atoms with Crippen molar-refractivity contribution in [1.82, 2.24) is 39.9 Å². The van der Waals surface area contributed by atoms with E-state index in [0.29, 0.717) is 22.3 Å². The van der Waals surface area contributed by atoms with Gasteiger partial charge in [0.2, 0.25) is 57.8 Å². The van der Waals surface area contributed by atoms with Crippen molar-refractivity contribution in [2.24, 2.45) is 0 Å². The smallest absolute Gasteiger partial charge is 0.273 e. The fourth-order valence-electron chi connectivity index (χ4n) is 8.73. The maximum Gasteiger partial charge on any atom is 0.273 e. The molecule has 3 aromatic heterocycles. The molecule has 22 heteroatoms. The Kier molecular flexibility index (Phi) is 10.8. The quantitative estimate of drug-likeness (QED) is 0.138. The second-order valence-corrected chi connectivity index (χ2v) is 18.4. The number of aromatic nitrogens is 8. The first-order valence-electron chi connectivity index (χ1n) is 22.6. The van der Waals surface area contributed by atoms with Crippen molar-refractivity contribution >= 4 is 67.2 Å². The molecule has 8 bridgehead atoms. The number of nitrogens with zero attached hydrogens (tertiary/aromatic N) is 6. The summed E-state index contributed by atoms with van der Waals surface area (Å²) in [5.41, 5.74) is 0.617. The minimum absolute atomic E-state index is 0.00748. The standard InChI is InChI=1S/C48H56N8O14/c1-21(2)63-27-23-19-17-18-20-24(23)28(64-22(3)4)26-25(27)35-49-36(26)51-38-30-32(68-46(8,60-14)44(6,58-12)66-30)40(53-38)55-42-34-33(69-47(9,61-15)48(10,62-16)70-34)41(56-42)54-39-31-29(37(50-35)52-39)65-43(5,57-11)45(7,59-13)67-31/h17-22H,1-16H3,(H2,49,50,51,52,53,54,55,56)/t43-,44-,45-,46-,47-,48-/m1/s1. The monoisotopic (exact) mass is 968 g/mol. The van der Waals surface area contributed by atoms with Crippen molar-refractivity contribution < 1.29 is 66.3 Å². The van der Waals surface area contributed by atoms with Gasteiger partial charge in [-0.1, -0.05) is 24.3 Å². The third-order valence-corrected chi connectivity index (χ3v) is 13.5. The van der Waals surface area contributed by atoms with Gasteiger partial charge in [-0.15, -0.1) is 0 Å². The van der Waals surface area contributed by atoms with E-state index in [0.717, 1.165) is 10.8 Å². The molecule has 0 fully saturated rings. The van der Waals surface area contributed by atoms with Crippen LogP contribution in [0, 0.1) is 0 Å². The lowest BCUT2D eigenvalue weighted by Gasteiger charge is -2.46. The highest BCUT2D eigenvalue weighted by molar-refractivity contribution is 6.21. The Morgan fingerprint density at radius 3 is 0.957 bits per heavy atom. The molecule has 372 valence electrons. The van der Waals surface area contributed by atoms with Gasteiger partial charge in [-0.05, 0) is 27.7 Å². The third-order valence-electron chi connectivity index (χ3n) is 13.5. The second kappa shape index (κ2) is 16.0. The molecule has 0 aliphatic carbocycles. The summed E-state index contributed by atoms with van der Waals surface area (Å²) in [6.45, 7) is 17.8. The molecule has 5 aromatic rings. The number of benzene rings is 2. The maximum atomic E-state index is 6.74. The van der Waals surface area contributed by atoms with Crippen LogP contribution in [0.5, 0.6) is 23.0 Å². The van der Waals surface area contributed by atoms with E-state index in [1.807, 2.05) is 52.0 Å². The molecule has 0 saturated heterocycles. The van der Waals surface area contributed by atoms with E-state index in [4.69, 9.17) is 96.2 Å². The Hall–Kier alpha value is -6.56. The molecule has 70 heavy (non-hydrogen) atoms.